The largest absolute Gasteiger partial charge is 0.390 e. The molecule has 2 unspecified atom stereocenters. The molecule has 0 saturated heterocycles. The van der Waals surface area contributed by atoms with Crippen LogP contribution in [0, 0.1) is 11.3 Å². The van der Waals surface area contributed by atoms with Crippen LogP contribution in [0.4, 0.5) is 0 Å². The molecule has 4 saturated carbocycles. The first-order chi connectivity index (χ1) is 13.3. The maximum absolute atomic E-state index is 11.1. The van der Waals surface area contributed by atoms with E-state index in [1.54, 1.807) is 14.2 Å². The van der Waals surface area contributed by atoms with Gasteiger partial charge < -0.3 is 33.5 Å². The van der Waals surface area contributed by atoms with E-state index >= 15 is 0 Å². The Morgan fingerprint density at radius 2 is 1.29 bits per heavy atom. The van der Waals surface area contributed by atoms with Crippen molar-refractivity contribution in [2.75, 3.05) is 54.2 Å². The third-order valence-electron chi connectivity index (χ3n) is 7.02. The zero-order chi connectivity index (χ0) is 20.3. The summed E-state index contributed by atoms with van der Waals surface area (Å²) in [4.78, 5) is 0. The van der Waals surface area contributed by atoms with E-state index in [0.29, 0.717) is 32.3 Å². The number of rotatable bonds is 13. The minimum atomic E-state index is -0.788. The Balaban J connectivity index is 1.70. The highest BCUT2D eigenvalue weighted by molar-refractivity contribution is 5.19. The Labute approximate surface area is 168 Å². The van der Waals surface area contributed by atoms with Crippen LogP contribution in [0.15, 0.2) is 0 Å². The third kappa shape index (κ3) is 4.72. The molecule has 0 heterocycles. The average molecular weight is 403 g/mol. The Kier molecular flexibility index (Phi) is 7.07. The standard InChI is InChI=1S/C21H38O7/c1-18(2,22)19-9-17-10-20(12-19,27-15-25-7-5-23-3)14-21(11-17,13-19)28-16-26-8-6-24-4/h17,22H,5-16H2,1-4H3. The molecule has 4 aliphatic rings. The molecule has 0 amide bonds. The van der Waals surface area contributed by atoms with E-state index in [4.69, 9.17) is 28.4 Å². The molecule has 0 aromatic rings. The van der Waals surface area contributed by atoms with Crippen LogP contribution in [-0.4, -0.2) is 76.1 Å². The monoisotopic (exact) mass is 402 g/mol. The predicted molar refractivity (Wildman–Crippen MR) is 103 cm³/mol. The van der Waals surface area contributed by atoms with Crippen molar-refractivity contribution in [3.8, 4) is 0 Å². The first-order valence-corrected chi connectivity index (χ1v) is 10.4. The van der Waals surface area contributed by atoms with Gasteiger partial charge in [0.25, 0.3) is 0 Å². The zero-order valence-electron chi connectivity index (χ0n) is 18.0. The lowest BCUT2D eigenvalue weighted by molar-refractivity contribution is -0.315. The topological polar surface area (TPSA) is 75.6 Å². The van der Waals surface area contributed by atoms with Gasteiger partial charge in [-0.25, -0.2) is 0 Å². The molecule has 7 nitrogen and oxygen atoms in total. The number of hydrogen-bond donors (Lipinski definition) is 1. The van der Waals surface area contributed by atoms with Crippen molar-refractivity contribution in [2.45, 2.75) is 69.2 Å². The summed E-state index contributed by atoms with van der Waals surface area (Å²) in [5.41, 5.74) is -1.60. The molecule has 0 spiro atoms. The lowest BCUT2D eigenvalue weighted by Crippen LogP contribution is -2.69. The molecule has 4 bridgehead atoms. The van der Waals surface area contributed by atoms with E-state index in [1.165, 1.54) is 0 Å². The smallest absolute Gasteiger partial charge is 0.147 e. The Morgan fingerprint density at radius 1 is 0.786 bits per heavy atom. The first-order valence-electron chi connectivity index (χ1n) is 10.4. The molecule has 7 heteroatoms. The number of ether oxygens (including phenoxy) is 6. The molecule has 2 atom stereocenters. The van der Waals surface area contributed by atoms with Gasteiger partial charge in [-0.2, -0.15) is 0 Å². The van der Waals surface area contributed by atoms with Crippen LogP contribution < -0.4 is 0 Å². The van der Waals surface area contributed by atoms with Crippen molar-refractivity contribution in [1.82, 2.24) is 0 Å². The van der Waals surface area contributed by atoms with Gasteiger partial charge in [-0.1, -0.05) is 0 Å². The van der Waals surface area contributed by atoms with E-state index in [1.807, 2.05) is 13.8 Å². The molecular formula is C21H38O7. The molecule has 4 aliphatic carbocycles. The normalized spacial score (nSPS) is 37.0. The van der Waals surface area contributed by atoms with Gasteiger partial charge in [-0.05, 0) is 51.9 Å². The fourth-order valence-electron chi connectivity index (χ4n) is 6.00. The predicted octanol–water partition coefficient (Wildman–Crippen LogP) is 2.49. The quantitative estimate of drug-likeness (QED) is 0.375. The van der Waals surface area contributed by atoms with Gasteiger partial charge in [0, 0.05) is 26.1 Å². The molecule has 0 radical (unpaired) electrons. The fraction of sp³-hybridized carbons (Fsp3) is 1.00. The lowest BCUT2D eigenvalue weighted by Gasteiger charge is -2.68. The van der Waals surface area contributed by atoms with Crippen LogP contribution in [0.3, 0.4) is 0 Å². The van der Waals surface area contributed by atoms with Crippen molar-refractivity contribution >= 4 is 0 Å². The fourth-order valence-corrected chi connectivity index (χ4v) is 6.00. The maximum atomic E-state index is 11.1. The summed E-state index contributed by atoms with van der Waals surface area (Å²) in [5.74, 6) is 0.487. The van der Waals surface area contributed by atoms with Gasteiger partial charge in [0.2, 0.25) is 0 Å². The summed E-state index contributed by atoms with van der Waals surface area (Å²) in [6.07, 6.45) is 5.58. The number of methoxy groups -OCH3 is 2. The van der Waals surface area contributed by atoms with Crippen LogP contribution in [0.1, 0.15) is 52.4 Å². The average Bonchev–Trinajstić information content (AvgIpc) is 2.59. The minimum Gasteiger partial charge on any atom is -0.390 e. The van der Waals surface area contributed by atoms with Gasteiger partial charge in [-0.3, -0.25) is 0 Å². The van der Waals surface area contributed by atoms with Gasteiger partial charge in [-0.15, -0.1) is 0 Å². The second-order valence-corrected chi connectivity index (χ2v) is 9.54. The first kappa shape index (κ1) is 22.4. The SMILES string of the molecule is COCCOCOC12CC3CC(OCOCCOC)(C1)CC(C(C)(C)O)(C3)C2. The second kappa shape index (κ2) is 8.84. The highest BCUT2D eigenvalue weighted by Crippen LogP contribution is 2.68. The molecule has 4 fully saturated rings. The summed E-state index contributed by atoms with van der Waals surface area (Å²) in [6, 6.07) is 0. The molecule has 28 heavy (non-hydrogen) atoms. The zero-order valence-corrected chi connectivity index (χ0v) is 18.0. The molecule has 0 aliphatic heterocycles. The van der Waals surface area contributed by atoms with E-state index in [9.17, 15) is 5.11 Å². The van der Waals surface area contributed by atoms with Gasteiger partial charge in [0.15, 0.2) is 0 Å². The molecule has 4 rings (SSSR count). The van der Waals surface area contributed by atoms with E-state index < -0.39 is 5.60 Å². The Hall–Kier alpha value is -0.280. The van der Waals surface area contributed by atoms with Gasteiger partial charge >= 0.3 is 0 Å². The molecular weight excluding hydrogens is 364 g/mol. The summed E-state index contributed by atoms with van der Waals surface area (Å²) in [5, 5.41) is 11.1. The summed E-state index contributed by atoms with van der Waals surface area (Å²) in [6.45, 7) is 6.51. The highest BCUT2D eigenvalue weighted by Gasteiger charge is 2.68. The Morgan fingerprint density at radius 3 is 1.71 bits per heavy atom. The van der Waals surface area contributed by atoms with Crippen LogP contribution in [-0.2, 0) is 28.4 Å². The summed E-state index contributed by atoms with van der Waals surface area (Å²) in [7, 11) is 3.32. The van der Waals surface area contributed by atoms with E-state index in [2.05, 4.69) is 0 Å². The lowest BCUT2D eigenvalue weighted by atomic mass is 9.43. The van der Waals surface area contributed by atoms with Crippen molar-refractivity contribution < 1.29 is 33.5 Å². The van der Waals surface area contributed by atoms with Crippen molar-refractivity contribution in [1.29, 1.82) is 0 Å². The van der Waals surface area contributed by atoms with Crippen LogP contribution in [0.5, 0.6) is 0 Å². The molecule has 0 aromatic carbocycles. The summed E-state index contributed by atoms with van der Waals surface area (Å²) >= 11 is 0. The maximum Gasteiger partial charge on any atom is 0.147 e. The number of hydrogen-bond acceptors (Lipinski definition) is 7. The van der Waals surface area contributed by atoms with Crippen LogP contribution in [0.25, 0.3) is 0 Å². The van der Waals surface area contributed by atoms with Gasteiger partial charge in [0.05, 0.1) is 43.2 Å². The second-order valence-electron chi connectivity index (χ2n) is 9.54. The summed E-state index contributed by atoms with van der Waals surface area (Å²) < 4.78 is 34.0. The van der Waals surface area contributed by atoms with E-state index in [0.717, 1.165) is 38.5 Å². The van der Waals surface area contributed by atoms with Crippen molar-refractivity contribution in [3.63, 3.8) is 0 Å². The van der Waals surface area contributed by atoms with Gasteiger partial charge in [0.1, 0.15) is 13.6 Å². The number of aliphatic hydroxyl groups is 1. The molecule has 1 N–H and O–H groups in total. The van der Waals surface area contributed by atoms with Crippen LogP contribution in [0.2, 0.25) is 0 Å². The van der Waals surface area contributed by atoms with Crippen molar-refractivity contribution in [2.24, 2.45) is 11.3 Å². The Bertz CT molecular complexity index is 473. The molecule has 164 valence electrons. The highest BCUT2D eigenvalue weighted by atomic mass is 16.7. The molecule has 0 aromatic heterocycles. The van der Waals surface area contributed by atoms with Crippen LogP contribution >= 0.6 is 0 Å². The third-order valence-corrected chi connectivity index (χ3v) is 7.02. The van der Waals surface area contributed by atoms with Crippen molar-refractivity contribution in [3.05, 3.63) is 0 Å². The minimum absolute atomic E-state index is 0.203. The van der Waals surface area contributed by atoms with E-state index in [-0.39, 0.29) is 30.2 Å².